The molecule has 0 aliphatic carbocycles. The molecule has 4 nitrogen and oxygen atoms in total. The summed E-state index contributed by atoms with van der Waals surface area (Å²) in [5.74, 6) is 0. The first kappa shape index (κ1) is 17.9. The zero-order valence-electron chi connectivity index (χ0n) is 13.1. The summed E-state index contributed by atoms with van der Waals surface area (Å²) in [6.07, 6.45) is -5.04. The lowest BCUT2D eigenvalue weighted by molar-refractivity contribution is -0.137. The van der Waals surface area contributed by atoms with E-state index in [1.54, 1.807) is 0 Å². The van der Waals surface area contributed by atoms with Crippen LogP contribution in [-0.2, 0) is 20.9 Å². The molecular formula is C17H16F3NO3S. The number of hydrogen-bond donors (Lipinski definition) is 0. The number of ether oxygens (including phenoxy) is 1. The Morgan fingerprint density at radius 3 is 2.44 bits per heavy atom. The van der Waals surface area contributed by atoms with Crippen molar-refractivity contribution in [2.75, 3.05) is 19.7 Å². The molecule has 1 aliphatic heterocycles. The van der Waals surface area contributed by atoms with E-state index in [0.717, 1.165) is 17.7 Å². The Kier molecular flexibility index (Phi) is 4.86. The molecule has 25 heavy (non-hydrogen) atoms. The first-order chi connectivity index (χ1) is 11.8. The SMILES string of the molecule is O=S(=O)(c1cccc(C(F)(F)F)c1)N1CCOC(c2ccccc2)C1. The standard InChI is InChI=1S/C17H16F3NO3S/c18-17(19,20)14-7-4-8-15(11-14)25(22,23)21-9-10-24-16(12-21)13-5-2-1-3-6-13/h1-8,11,16H,9-10,12H2. The van der Waals surface area contributed by atoms with Crippen molar-refractivity contribution in [2.24, 2.45) is 0 Å². The van der Waals surface area contributed by atoms with Crippen LogP contribution in [0.3, 0.4) is 0 Å². The number of alkyl halides is 3. The molecule has 2 aromatic rings. The van der Waals surface area contributed by atoms with E-state index in [1.807, 2.05) is 30.3 Å². The Labute approximate surface area is 143 Å². The Bertz CT molecular complexity index is 838. The lowest BCUT2D eigenvalue weighted by Gasteiger charge is -2.32. The number of nitrogens with zero attached hydrogens (tertiary/aromatic N) is 1. The summed E-state index contributed by atoms with van der Waals surface area (Å²) in [7, 11) is -4.03. The molecule has 0 radical (unpaired) electrons. The van der Waals surface area contributed by atoms with E-state index in [-0.39, 0.29) is 24.6 Å². The highest BCUT2D eigenvalue weighted by molar-refractivity contribution is 7.89. The molecule has 1 heterocycles. The minimum atomic E-state index is -4.59. The van der Waals surface area contributed by atoms with Gasteiger partial charge >= 0.3 is 6.18 Å². The van der Waals surface area contributed by atoms with Crippen LogP contribution in [0.15, 0.2) is 59.5 Å². The number of morpholine rings is 1. The highest BCUT2D eigenvalue weighted by atomic mass is 32.2. The summed E-state index contributed by atoms with van der Waals surface area (Å²) in [5, 5.41) is 0. The van der Waals surface area contributed by atoms with Gasteiger partial charge in [0, 0.05) is 13.1 Å². The molecule has 0 N–H and O–H groups in total. The number of rotatable bonds is 3. The predicted octanol–water partition coefficient (Wildman–Crippen LogP) is 3.47. The van der Waals surface area contributed by atoms with Gasteiger partial charge in [-0.25, -0.2) is 8.42 Å². The van der Waals surface area contributed by atoms with Crippen LogP contribution in [0.1, 0.15) is 17.2 Å². The molecule has 8 heteroatoms. The van der Waals surface area contributed by atoms with Crippen LogP contribution in [0.5, 0.6) is 0 Å². The number of benzene rings is 2. The van der Waals surface area contributed by atoms with Crippen LogP contribution in [-0.4, -0.2) is 32.4 Å². The van der Waals surface area contributed by atoms with Gasteiger partial charge in [0.2, 0.25) is 10.0 Å². The van der Waals surface area contributed by atoms with Crippen molar-refractivity contribution in [1.29, 1.82) is 0 Å². The average Bonchev–Trinajstić information content (AvgIpc) is 2.62. The Morgan fingerprint density at radius 1 is 1.04 bits per heavy atom. The molecule has 1 saturated heterocycles. The predicted molar refractivity (Wildman–Crippen MR) is 85.3 cm³/mol. The van der Waals surface area contributed by atoms with Gasteiger partial charge in [-0.3, -0.25) is 0 Å². The molecule has 0 aromatic heterocycles. The van der Waals surface area contributed by atoms with Crippen LogP contribution < -0.4 is 0 Å². The third-order valence-electron chi connectivity index (χ3n) is 4.00. The third kappa shape index (κ3) is 3.86. The normalized spacial score (nSPS) is 19.7. The summed E-state index contributed by atoms with van der Waals surface area (Å²) in [4.78, 5) is -0.365. The molecule has 134 valence electrons. The first-order valence-corrected chi connectivity index (χ1v) is 9.06. The van der Waals surface area contributed by atoms with Crippen LogP contribution in [0.2, 0.25) is 0 Å². The second-order valence-electron chi connectivity index (χ2n) is 5.66. The Hall–Kier alpha value is -1.90. The van der Waals surface area contributed by atoms with Crippen molar-refractivity contribution in [1.82, 2.24) is 4.31 Å². The maximum absolute atomic E-state index is 12.9. The molecule has 1 aliphatic rings. The van der Waals surface area contributed by atoms with E-state index in [0.29, 0.717) is 6.07 Å². The monoisotopic (exact) mass is 371 g/mol. The lowest BCUT2D eigenvalue weighted by atomic mass is 10.1. The average molecular weight is 371 g/mol. The molecule has 0 bridgehead atoms. The second-order valence-corrected chi connectivity index (χ2v) is 7.60. The van der Waals surface area contributed by atoms with E-state index in [2.05, 4.69) is 0 Å². The second kappa shape index (κ2) is 6.78. The summed E-state index contributed by atoms with van der Waals surface area (Å²) >= 11 is 0. The fourth-order valence-corrected chi connectivity index (χ4v) is 4.17. The van der Waals surface area contributed by atoms with Gasteiger partial charge in [-0.15, -0.1) is 0 Å². The maximum atomic E-state index is 12.9. The summed E-state index contributed by atoms with van der Waals surface area (Å²) in [5.41, 5.74) is -0.159. The van der Waals surface area contributed by atoms with Gasteiger partial charge in [0.05, 0.1) is 23.2 Å². The van der Waals surface area contributed by atoms with Crippen LogP contribution in [0.4, 0.5) is 13.2 Å². The van der Waals surface area contributed by atoms with Gasteiger partial charge in [-0.2, -0.15) is 17.5 Å². The lowest BCUT2D eigenvalue weighted by Crippen LogP contribution is -2.42. The molecule has 1 atom stereocenters. The highest BCUT2D eigenvalue weighted by Gasteiger charge is 2.35. The van der Waals surface area contributed by atoms with Crippen molar-refractivity contribution < 1.29 is 26.3 Å². The van der Waals surface area contributed by atoms with Gasteiger partial charge < -0.3 is 4.74 Å². The van der Waals surface area contributed by atoms with Crippen LogP contribution in [0.25, 0.3) is 0 Å². The van der Waals surface area contributed by atoms with Crippen LogP contribution in [0, 0.1) is 0 Å². The van der Waals surface area contributed by atoms with Crippen LogP contribution >= 0.6 is 0 Å². The third-order valence-corrected chi connectivity index (χ3v) is 5.86. The van der Waals surface area contributed by atoms with Crippen molar-refractivity contribution in [3.8, 4) is 0 Å². The Balaban J connectivity index is 1.87. The molecule has 1 fully saturated rings. The van der Waals surface area contributed by atoms with Gasteiger partial charge in [-0.1, -0.05) is 36.4 Å². The Morgan fingerprint density at radius 2 is 1.76 bits per heavy atom. The van der Waals surface area contributed by atoms with E-state index in [9.17, 15) is 21.6 Å². The molecule has 0 spiro atoms. The zero-order chi connectivity index (χ0) is 18.1. The smallest absolute Gasteiger partial charge is 0.371 e. The van der Waals surface area contributed by atoms with Gasteiger partial charge in [0.15, 0.2) is 0 Å². The maximum Gasteiger partial charge on any atom is 0.416 e. The highest BCUT2D eigenvalue weighted by Crippen LogP contribution is 2.32. The first-order valence-electron chi connectivity index (χ1n) is 7.62. The molecule has 3 rings (SSSR count). The van der Waals surface area contributed by atoms with Gasteiger partial charge in [-0.05, 0) is 23.8 Å². The summed E-state index contributed by atoms with van der Waals surface area (Å²) in [6.45, 7) is 0.336. The largest absolute Gasteiger partial charge is 0.416 e. The quantitative estimate of drug-likeness (QED) is 0.830. The molecule has 1 unspecified atom stereocenters. The fraction of sp³-hybridized carbons (Fsp3) is 0.294. The summed E-state index contributed by atoms with van der Waals surface area (Å²) < 4.78 is 70.8. The van der Waals surface area contributed by atoms with Crippen molar-refractivity contribution in [3.05, 3.63) is 65.7 Å². The molecular weight excluding hydrogens is 355 g/mol. The number of halogens is 3. The van der Waals surface area contributed by atoms with E-state index >= 15 is 0 Å². The van der Waals surface area contributed by atoms with Crippen molar-refractivity contribution in [3.63, 3.8) is 0 Å². The van der Waals surface area contributed by atoms with E-state index in [1.165, 1.54) is 10.4 Å². The molecule has 2 aromatic carbocycles. The summed E-state index contributed by atoms with van der Waals surface area (Å²) in [6, 6.07) is 12.9. The number of hydrogen-bond acceptors (Lipinski definition) is 3. The van der Waals surface area contributed by atoms with Gasteiger partial charge in [0.1, 0.15) is 0 Å². The minimum absolute atomic E-state index is 0.0581. The van der Waals surface area contributed by atoms with Crippen molar-refractivity contribution in [2.45, 2.75) is 17.2 Å². The zero-order valence-corrected chi connectivity index (χ0v) is 13.9. The minimum Gasteiger partial charge on any atom is -0.371 e. The van der Waals surface area contributed by atoms with E-state index in [4.69, 9.17) is 4.74 Å². The number of sulfonamides is 1. The topological polar surface area (TPSA) is 46.6 Å². The van der Waals surface area contributed by atoms with E-state index < -0.39 is 27.9 Å². The molecule has 0 saturated carbocycles. The molecule has 0 amide bonds. The van der Waals surface area contributed by atoms with Crippen molar-refractivity contribution >= 4 is 10.0 Å². The fourth-order valence-electron chi connectivity index (χ4n) is 2.70. The van der Waals surface area contributed by atoms with Gasteiger partial charge in [0.25, 0.3) is 0 Å².